The molecule has 0 aromatic heterocycles. The van der Waals surface area contributed by atoms with E-state index in [0.29, 0.717) is 30.1 Å². The Bertz CT molecular complexity index is 1460. The maximum Gasteiger partial charge on any atom is 0.254 e. The first-order valence-corrected chi connectivity index (χ1v) is 13.9. The van der Waals surface area contributed by atoms with E-state index in [1.54, 1.807) is 12.1 Å². The van der Waals surface area contributed by atoms with Crippen molar-refractivity contribution in [3.05, 3.63) is 120 Å². The van der Waals surface area contributed by atoms with Crippen LogP contribution in [0.5, 0.6) is 0 Å². The highest BCUT2D eigenvalue weighted by Crippen LogP contribution is 2.33. The number of benzene rings is 4. The summed E-state index contributed by atoms with van der Waals surface area (Å²) in [6.45, 7) is 3.67. The average molecular weight is 521 g/mol. The Labute approximate surface area is 229 Å². The number of fused-ring (bicyclic) bond motifs is 1. The van der Waals surface area contributed by atoms with Crippen LogP contribution in [0.4, 0.5) is 4.39 Å². The molecule has 4 aromatic carbocycles. The van der Waals surface area contributed by atoms with Crippen LogP contribution in [0, 0.1) is 17.7 Å². The number of likely N-dealkylation sites (tertiary alicyclic amines) is 2. The molecule has 2 aliphatic rings. The molecule has 0 N–H and O–H groups in total. The van der Waals surface area contributed by atoms with Crippen LogP contribution in [-0.4, -0.2) is 54.2 Å². The lowest BCUT2D eigenvalue weighted by Gasteiger charge is -2.34. The number of halogens is 1. The second-order valence-corrected chi connectivity index (χ2v) is 11.0. The Balaban J connectivity index is 1.20. The number of Topliss-reactive ketones (excluding diaryl/α,β-unsaturated/α-hetero) is 1. The summed E-state index contributed by atoms with van der Waals surface area (Å²) in [7, 11) is 0. The molecule has 1 amide bonds. The number of rotatable bonds is 6. The van der Waals surface area contributed by atoms with Gasteiger partial charge in [-0.05, 0) is 66.4 Å². The molecule has 0 radical (unpaired) electrons. The van der Waals surface area contributed by atoms with Crippen LogP contribution >= 0.6 is 0 Å². The minimum Gasteiger partial charge on any atom is -0.338 e. The molecule has 0 aliphatic carbocycles. The average Bonchev–Trinajstić information content (AvgIpc) is 3.41. The lowest BCUT2D eigenvalue weighted by Crippen LogP contribution is -2.39. The predicted octanol–water partition coefficient (Wildman–Crippen LogP) is 6.43. The fourth-order valence-electron chi connectivity index (χ4n) is 6.43. The Kier molecular flexibility index (Phi) is 7.25. The van der Waals surface area contributed by atoms with Crippen LogP contribution in [0.3, 0.4) is 0 Å². The zero-order valence-electron chi connectivity index (χ0n) is 22.0. The van der Waals surface area contributed by atoms with E-state index in [4.69, 9.17) is 0 Å². The largest absolute Gasteiger partial charge is 0.338 e. The molecule has 4 aromatic rings. The first-order valence-electron chi connectivity index (χ1n) is 13.9. The van der Waals surface area contributed by atoms with Gasteiger partial charge >= 0.3 is 0 Å². The van der Waals surface area contributed by atoms with Gasteiger partial charge in [-0.15, -0.1) is 0 Å². The summed E-state index contributed by atoms with van der Waals surface area (Å²) in [5.74, 6) is 0.177. The molecule has 39 heavy (non-hydrogen) atoms. The lowest BCUT2D eigenvalue weighted by molar-refractivity contribution is 0.0780. The Morgan fingerprint density at radius 1 is 0.769 bits per heavy atom. The fraction of sp³-hybridized carbons (Fsp3) is 0.294. The molecule has 0 saturated carbocycles. The SMILES string of the molecule is O=C(c1ccccc1)C1CN(C(=O)c2cccc3ccccc23)CC1CN1CCC(c2ccc(F)cc2)CC1. The molecular formula is C34H33FN2O2. The van der Waals surface area contributed by atoms with Crippen molar-refractivity contribution in [3.63, 3.8) is 0 Å². The van der Waals surface area contributed by atoms with Gasteiger partial charge in [0.15, 0.2) is 5.78 Å². The Hall–Kier alpha value is -3.83. The van der Waals surface area contributed by atoms with Crippen molar-refractivity contribution in [3.8, 4) is 0 Å². The number of ketones is 1. The zero-order chi connectivity index (χ0) is 26.8. The minimum atomic E-state index is -0.235. The first kappa shape index (κ1) is 25.4. The van der Waals surface area contributed by atoms with Crippen molar-refractivity contribution >= 4 is 22.5 Å². The topological polar surface area (TPSA) is 40.6 Å². The number of hydrogen-bond donors (Lipinski definition) is 0. The molecule has 2 unspecified atom stereocenters. The van der Waals surface area contributed by atoms with Gasteiger partial charge in [-0.1, -0.05) is 78.9 Å². The quantitative estimate of drug-likeness (QED) is 0.275. The van der Waals surface area contributed by atoms with Gasteiger partial charge in [-0.25, -0.2) is 4.39 Å². The van der Waals surface area contributed by atoms with Gasteiger partial charge in [-0.3, -0.25) is 9.59 Å². The molecule has 4 nitrogen and oxygen atoms in total. The third-order valence-corrected chi connectivity index (χ3v) is 8.57. The van der Waals surface area contributed by atoms with Crippen molar-refractivity contribution in [2.45, 2.75) is 18.8 Å². The number of piperidine rings is 1. The summed E-state index contributed by atoms with van der Waals surface area (Å²) in [5.41, 5.74) is 2.60. The Morgan fingerprint density at radius 2 is 1.46 bits per heavy atom. The van der Waals surface area contributed by atoms with Crippen LogP contribution in [0.1, 0.15) is 45.0 Å². The van der Waals surface area contributed by atoms with E-state index in [0.717, 1.165) is 43.2 Å². The second kappa shape index (κ2) is 11.1. The van der Waals surface area contributed by atoms with Crippen molar-refractivity contribution in [2.24, 2.45) is 11.8 Å². The standard InChI is InChI=1S/C34H33FN2O2/c35-29-15-13-24(14-16-29)25-17-19-36(20-18-25)21-28-22-37(23-32(28)33(38)27-8-2-1-3-9-27)34(39)31-12-6-10-26-7-4-5-11-30(26)31/h1-16,25,28,32H,17-23H2. The molecular weight excluding hydrogens is 487 g/mol. The van der Waals surface area contributed by atoms with E-state index in [1.807, 2.05) is 89.8 Å². The normalized spacial score (nSPS) is 20.4. The third kappa shape index (κ3) is 5.37. The van der Waals surface area contributed by atoms with Crippen molar-refractivity contribution < 1.29 is 14.0 Å². The summed E-state index contributed by atoms with van der Waals surface area (Å²) < 4.78 is 13.4. The van der Waals surface area contributed by atoms with Crippen LogP contribution in [0.15, 0.2) is 97.1 Å². The van der Waals surface area contributed by atoms with Crippen molar-refractivity contribution in [1.29, 1.82) is 0 Å². The first-order chi connectivity index (χ1) is 19.1. The van der Waals surface area contributed by atoms with Crippen LogP contribution in [0.25, 0.3) is 10.8 Å². The van der Waals surface area contributed by atoms with E-state index < -0.39 is 0 Å². The van der Waals surface area contributed by atoms with Gasteiger partial charge in [0.2, 0.25) is 0 Å². The van der Waals surface area contributed by atoms with E-state index in [1.165, 1.54) is 5.56 Å². The number of amides is 1. The summed E-state index contributed by atoms with van der Waals surface area (Å²) in [6, 6.07) is 30.2. The van der Waals surface area contributed by atoms with Gasteiger partial charge in [-0.2, -0.15) is 0 Å². The predicted molar refractivity (Wildman–Crippen MR) is 152 cm³/mol. The number of hydrogen-bond acceptors (Lipinski definition) is 3. The molecule has 2 heterocycles. The van der Waals surface area contributed by atoms with Gasteiger partial charge in [0.05, 0.1) is 0 Å². The van der Waals surface area contributed by atoms with E-state index in [2.05, 4.69) is 4.90 Å². The van der Waals surface area contributed by atoms with E-state index in [9.17, 15) is 14.0 Å². The maximum atomic E-state index is 13.8. The number of carbonyl (C=O) groups is 2. The summed E-state index contributed by atoms with van der Waals surface area (Å²) in [6.07, 6.45) is 2.02. The second-order valence-electron chi connectivity index (χ2n) is 11.0. The number of nitrogens with zero attached hydrogens (tertiary/aromatic N) is 2. The highest BCUT2D eigenvalue weighted by atomic mass is 19.1. The van der Waals surface area contributed by atoms with Gasteiger partial charge in [0, 0.05) is 42.6 Å². The molecule has 2 aliphatic heterocycles. The van der Waals surface area contributed by atoms with Gasteiger partial charge in [0.1, 0.15) is 5.82 Å². The van der Waals surface area contributed by atoms with Crippen LogP contribution < -0.4 is 0 Å². The summed E-state index contributed by atoms with van der Waals surface area (Å²) in [5, 5.41) is 1.99. The minimum absolute atomic E-state index is 0.00446. The molecule has 2 fully saturated rings. The highest BCUT2D eigenvalue weighted by Gasteiger charge is 2.41. The monoisotopic (exact) mass is 520 g/mol. The van der Waals surface area contributed by atoms with Gasteiger partial charge < -0.3 is 9.80 Å². The molecule has 0 spiro atoms. The van der Waals surface area contributed by atoms with E-state index >= 15 is 0 Å². The molecule has 2 atom stereocenters. The maximum absolute atomic E-state index is 13.8. The highest BCUT2D eigenvalue weighted by molar-refractivity contribution is 6.07. The lowest BCUT2D eigenvalue weighted by atomic mass is 9.86. The van der Waals surface area contributed by atoms with Crippen LogP contribution in [0.2, 0.25) is 0 Å². The molecule has 0 bridgehead atoms. The summed E-state index contributed by atoms with van der Waals surface area (Å²) >= 11 is 0. The van der Waals surface area contributed by atoms with Crippen LogP contribution in [-0.2, 0) is 0 Å². The van der Waals surface area contributed by atoms with Crippen molar-refractivity contribution in [1.82, 2.24) is 9.80 Å². The number of carbonyl (C=O) groups excluding carboxylic acids is 2. The molecule has 2 saturated heterocycles. The summed E-state index contributed by atoms with van der Waals surface area (Å²) in [4.78, 5) is 31.8. The third-order valence-electron chi connectivity index (χ3n) is 8.57. The zero-order valence-corrected chi connectivity index (χ0v) is 22.0. The Morgan fingerprint density at radius 3 is 2.23 bits per heavy atom. The molecule has 6 rings (SSSR count). The smallest absolute Gasteiger partial charge is 0.254 e. The molecule has 5 heteroatoms. The van der Waals surface area contributed by atoms with Crippen molar-refractivity contribution in [2.75, 3.05) is 32.7 Å². The van der Waals surface area contributed by atoms with E-state index in [-0.39, 0.29) is 29.3 Å². The van der Waals surface area contributed by atoms with Gasteiger partial charge in [0.25, 0.3) is 5.91 Å². The molecule has 198 valence electrons. The fourth-order valence-corrected chi connectivity index (χ4v) is 6.43.